The molecule has 116 valence electrons. The summed E-state index contributed by atoms with van der Waals surface area (Å²) >= 11 is 0. The van der Waals surface area contributed by atoms with Gasteiger partial charge in [0.1, 0.15) is 5.75 Å². The van der Waals surface area contributed by atoms with Gasteiger partial charge in [0.25, 0.3) is 0 Å². The first-order chi connectivity index (χ1) is 10.2. The van der Waals surface area contributed by atoms with Gasteiger partial charge in [0.15, 0.2) is 0 Å². The second kappa shape index (κ2) is 7.43. The SMILES string of the molecule is COc1ccccc1CN(CCO)C(=O)CC(N)C1CC1. The average molecular weight is 292 g/mol. The van der Waals surface area contributed by atoms with Crippen molar-refractivity contribution in [1.29, 1.82) is 0 Å². The van der Waals surface area contributed by atoms with Gasteiger partial charge in [-0.3, -0.25) is 4.79 Å². The molecule has 1 amide bonds. The van der Waals surface area contributed by atoms with Crippen LogP contribution in [0, 0.1) is 5.92 Å². The Morgan fingerprint density at radius 3 is 2.81 bits per heavy atom. The van der Waals surface area contributed by atoms with Crippen molar-refractivity contribution in [3.05, 3.63) is 29.8 Å². The van der Waals surface area contributed by atoms with Crippen LogP contribution in [-0.2, 0) is 11.3 Å². The number of carbonyl (C=O) groups excluding carboxylic acids is 1. The number of hydrogen-bond donors (Lipinski definition) is 2. The van der Waals surface area contributed by atoms with Crippen LogP contribution in [0.2, 0.25) is 0 Å². The Labute approximate surface area is 125 Å². The van der Waals surface area contributed by atoms with Crippen LogP contribution in [0.1, 0.15) is 24.8 Å². The van der Waals surface area contributed by atoms with E-state index in [4.69, 9.17) is 10.5 Å². The topological polar surface area (TPSA) is 75.8 Å². The molecule has 0 radical (unpaired) electrons. The number of para-hydroxylation sites is 1. The van der Waals surface area contributed by atoms with Crippen LogP contribution in [0.3, 0.4) is 0 Å². The number of amides is 1. The number of aliphatic hydroxyl groups excluding tert-OH is 1. The van der Waals surface area contributed by atoms with E-state index in [0.717, 1.165) is 24.2 Å². The number of methoxy groups -OCH3 is 1. The third-order valence-electron chi connectivity index (χ3n) is 3.91. The Kier molecular flexibility index (Phi) is 5.59. The van der Waals surface area contributed by atoms with Crippen LogP contribution in [0.15, 0.2) is 24.3 Å². The predicted octanol–water partition coefficient (Wildman–Crippen LogP) is 1.14. The number of aliphatic hydroxyl groups is 1. The Bertz CT molecular complexity index is 474. The van der Waals surface area contributed by atoms with Crippen molar-refractivity contribution in [3.63, 3.8) is 0 Å². The van der Waals surface area contributed by atoms with E-state index >= 15 is 0 Å². The van der Waals surface area contributed by atoms with Crippen molar-refractivity contribution in [2.24, 2.45) is 11.7 Å². The summed E-state index contributed by atoms with van der Waals surface area (Å²) < 4.78 is 5.31. The summed E-state index contributed by atoms with van der Waals surface area (Å²) in [5.41, 5.74) is 6.96. The largest absolute Gasteiger partial charge is 0.496 e. The standard InChI is InChI=1S/C16H24N2O3/c1-21-15-5-3-2-4-13(15)11-18(8-9-19)16(20)10-14(17)12-6-7-12/h2-5,12,14,19H,6-11,17H2,1H3. The van der Waals surface area contributed by atoms with Crippen LogP contribution in [0.5, 0.6) is 5.75 Å². The number of benzene rings is 1. The van der Waals surface area contributed by atoms with Crippen LogP contribution >= 0.6 is 0 Å². The minimum Gasteiger partial charge on any atom is -0.496 e. The van der Waals surface area contributed by atoms with Gasteiger partial charge in [-0.15, -0.1) is 0 Å². The molecule has 1 aliphatic carbocycles. The molecule has 0 saturated heterocycles. The maximum absolute atomic E-state index is 12.4. The molecule has 1 aromatic rings. The van der Waals surface area contributed by atoms with E-state index in [1.165, 1.54) is 0 Å². The van der Waals surface area contributed by atoms with Crippen LogP contribution in [0.4, 0.5) is 0 Å². The molecule has 1 aliphatic rings. The Morgan fingerprint density at radius 1 is 1.48 bits per heavy atom. The smallest absolute Gasteiger partial charge is 0.224 e. The first-order valence-corrected chi connectivity index (χ1v) is 7.41. The second-order valence-electron chi connectivity index (χ2n) is 5.56. The monoisotopic (exact) mass is 292 g/mol. The highest BCUT2D eigenvalue weighted by Gasteiger charge is 2.31. The number of nitrogens with zero attached hydrogens (tertiary/aromatic N) is 1. The van der Waals surface area contributed by atoms with E-state index in [1.807, 2.05) is 24.3 Å². The molecule has 1 unspecified atom stereocenters. The summed E-state index contributed by atoms with van der Waals surface area (Å²) in [5.74, 6) is 1.24. The summed E-state index contributed by atoms with van der Waals surface area (Å²) in [6.45, 7) is 0.689. The van der Waals surface area contributed by atoms with Gasteiger partial charge in [0.05, 0.1) is 13.7 Å². The number of rotatable bonds is 8. The lowest BCUT2D eigenvalue weighted by Gasteiger charge is -2.24. The molecule has 21 heavy (non-hydrogen) atoms. The molecule has 3 N–H and O–H groups in total. The quantitative estimate of drug-likeness (QED) is 0.753. The molecule has 1 atom stereocenters. The van der Waals surface area contributed by atoms with Gasteiger partial charge in [0.2, 0.25) is 5.91 Å². The third-order valence-corrected chi connectivity index (χ3v) is 3.91. The van der Waals surface area contributed by atoms with Gasteiger partial charge in [0, 0.05) is 31.1 Å². The summed E-state index contributed by atoms with van der Waals surface area (Å²) in [6, 6.07) is 7.54. The number of hydrogen-bond acceptors (Lipinski definition) is 4. The lowest BCUT2D eigenvalue weighted by atomic mass is 10.1. The van der Waals surface area contributed by atoms with E-state index in [9.17, 15) is 9.90 Å². The Hall–Kier alpha value is -1.59. The third kappa shape index (κ3) is 4.44. The minimum absolute atomic E-state index is 0.00523. The number of ether oxygens (including phenoxy) is 1. The fourth-order valence-corrected chi connectivity index (χ4v) is 2.47. The molecular weight excluding hydrogens is 268 g/mol. The molecule has 1 fully saturated rings. The summed E-state index contributed by atoms with van der Waals surface area (Å²) in [4.78, 5) is 14.0. The molecule has 5 heteroatoms. The van der Waals surface area contributed by atoms with Gasteiger partial charge in [-0.2, -0.15) is 0 Å². The van der Waals surface area contributed by atoms with E-state index in [0.29, 0.717) is 25.4 Å². The van der Waals surface area contributed by atoms with Crippen molar-refractivity contribution in [1.82, 2.24) is 4.90 Å². The molecule has 0 aliphatic heterocycles. The normalized spacial score (nSPS) is 15.6. The fraction of sp³-hybridized carbons (Fsp3) is 0.562. The maximum atomic E-state index is 12.4. The van der Waals surface area contributed by atoms with Crippen LogP contribution < -0.4 is 10.5 Å². The van der Waals surface area contributed by atoms with E-state index < -0.39 is 0 Å². The van der Waals surface area contributed by atoms with Crippen LogP contribution in [0.25, 0.3) is 0 Å². The fourth-order valence-electron chi connectivity index (χ4n) is 2.47. The Balaban J connectivity index is 2.01. The number of carbonyl (C=O) groups is 1. The van der Waals surface area contributed by atoms with Crippen molar-refractivity contribution < 1.29 is 14.6 Å². The minimum atomic E-state index is -0.0589. The molecule has 0 aromatic heterocycles. The van der Waals surface area contributed by atoms with Crippen LogP contribution in [-0.4, -0.2) is 42.2 Å². The van der Waals surface area contributed by atoms with Crippen molar-refractivity contribution in [2.75, 3.05) is 20.3 Å². The van der Waals surface area contributed by atoms with Crippen molar-refractivity contribution in [2.45, 2.75) is 31.8 Å². The van der Waals surface area contributed by atoms with E-state index in [2.05, 4.69) is 0 Å². The van der Waals surface area contributed by atoms with Crippen molar-refractivity contribution >= 4 is 5.91 Å². The molecular formula is C16H24N2O3. The van der Waals surface area contributed by atoms with Gasteiger partial charge in [-0.05, 0) is 24.8 Å². The molecule has 2 rings (SSSR count). The molecule has 1 aromatic carbocycles. The molecule has 1 saturated carbocycles. The lowest BCUT2D eigenvalue weighted by molar-refractivity contribution is -0.132. The zero-order valence-electron chi connectivity index (χ0n) is 12.5. The molecule has 0 spiro atoms. The summed E-state index contributed by atoms with van der Waals surface area (Å²) in [6.07, 6.45) is 2.60. The summed E-state index contributed by atoms with van der Waals surface area (Å²) in [5, 5.41) is 9.19. The average Bonchev–Trinajstić information content (AvgIpc) is 3.32. The molecule has 0 bridgehead atoms. The first kappa shape index (κ1) is 15.8. The van der Waals surface area contributed by atoms with Gasteiger partial charge in [-0.25, -0.2) is 0 Å². The van der Waals surface area contributed by atoms with E-state index in [1.54, 1.807) is 12.0 Å². The highest BCUT2D eigenvalue weighted by atomic mass is 16.5. The van der Waals surface area contributed by atoms with Gasteiger partial charge >= 0.3 is 0 Å². The second-order valence-corrected chi connectivity index (χ2v) is 5.56. The Morgan fingerprint density at radius 2 is 2.19 bits per heavy atom. The molecule has 0 heterocycles. The predicted molar refractivity (Wildman–Crippen MR) is 80.8 cm³/mol. The molecule has 5 nitrogen and oxygen atoms in total. The van der Waals surface area contributed by atoms with Gasteiger partial charge in [-0.1, -0.05) is 18.2 Å². The number of nitrogens with two attached hydrogens (primary N) is 1. The van der Waals surface area contributed by atoms with Gasteiger partial charge < -0.3 is 20.5 Å². The summed E-state index contributed by atoms with van der Waals surface area (Å²) in [7, 11) is 1.61. The maximum Gasteiger partial charge on any atom is 0.224 e. The van der Waals surface area contributed by atoms with Crippen molar-refractivity contribution in [3.8, 4) is 5.75 Å². The lowest BCUT2D eigenvalue weighted by Crippen LogP contribution is -2.38. The first-order valence-electron chi connectivity index (χ1n) is 7.41. The van der Waals surface area contributed by atoms with E-state index in [-0.39, 0.29) is 18.6 Å². The zero-order valence-corrected chi connectivity index (χ0v) is 12.5. The zero-order chi connectivity index (χ0) is 15.2. The highest BCUT2D eigenvalue weighted by Crippen LogP contribution is 2.33. The highest BCUT2D eigenvalue weighted by molar-refractivity contribution is 5.77.